The van der Waals surface area contributed by atoms with E-state index in [1.807, 2.05) is 12.1 Å². The lowest BCUT2D eigenvalue weighted by Gasteiger charge is -2.30. The standard InChI is InChI=1S/C17H26O5S/c1-17(2,3)15(13-4-6-14(19)7-5-13)12-16(20)22-23-11-10-21-9-8-18/h4-7,15,18-19H,8-12H2,1-3H3. The van der Waals surface area contributed by atoms with Crippen molar-refractivity contribution in [2.45, 2.75) is 33.1 Å². The van der Waals surface area contributed by atoms with Gasteiger partial charge in [-0.1, -0.05) is 32.9 Å². The predicted molar refractivity (Wildman–Crippen MR) is 91.4 cm³/mol. The maximum atomic E-state index is 12.1. The number of aliphatic hydroxyl groups is 1. The molecule has 0 amide bonds. The van der Waals surface area contributed by atoms with Crippen LogP contribution in [-0.2, 0) is 13.7 Å². The van der Waals surface area contributed by atoms with Gasteiger partial charge in [0, 0.05) is 0 Å². The molecule has 23 heavy (non-hydrogen) atoms. The molecule has 0 bridgehead atoms. The molecule has 0 aliphatic carbocycles. The molecule has 0 aliphatic rings. The number of rotatable bonds is 9. The molecular formula is C17H26O5S. The Morgan fingerprint density at radius 3 is 2.43 bits per heavy atom. The van der Waals surface area contributed by atoms with Crippen LogP contribution >= 0.6 is 12.0 Å². The summed E-state index contributed by atoms with van der Waals surface area (Å²) in [5.41, 5.74) is 0.897. The molecule has 0 aromatic heterocycles. The van der Waals surface area contributed by atoms with Gasteiger partial charge < -0.3 is 19.1 Å². The van der Waals surface area contributed by atoms with E-state index in [4.69, 9.17) is 14.0 Å². The first-order valence-electron chi connectivity index (χ1n) is 7.64. The van der Waals surface area contributed by atoms with Crippen molar-refractivity contribution in [3.8, 4) is 5.75 Å². The van der Waals surface area contributed by atoms with E-state index in [-0.39, 0.29) is 36.1 Å². The average Bonchev–Trinajstić information content (AvgIpc) is 2.48. The Hall–Kier alpha value is -1.24. The van der Waals surface area contributed by atoms with E-state index in [0.29, 0.717) is 19.0 Å². The van der Waals surface area contributed by atoms with Crippen LogP contribution in [0.4, 0.5) is 0 Å². The number of hydrogen-bond donors (Lipinski definition) is 2. The second kappa shape index (κ2) is 9.80. The second-order valence-corrected chi connectivity index (χ2v) is 7.14. The molecule has 0 saturated carbocycles. The van der Waals surface area contributed by atoms with E-state index in [1.165, 1.54) is 0 Å². The van der Waals surface area contributed by atoms with Crippen LogP contribution in [0.25, 0.3) is 0 Å². The van der Waals surface area contributed by atoms with Gasteiger partial charge in [-0.05, 0) is 29.0 Å². The van der Waals surface area contributed by atoms with E-state index >= 15 is 0 Å². The van der Waals surface area contributed by atoms with Crippen molar-refractivity contribution in [3.05, 3.63) is 29.8 Å². The zero-order valence-corrected chi connectivity index (χ0v) is 14.8. The first-order valence-corrected chi connectivity index (χ1v) is 8.55. The normalized spacial score (nSPS) is 12.9. The van der Waals surface area contributed by atoms with Gasteiger partial charge >= 0.3 is 5.97 Å². The van der Waals surface area contributed by atoms with E-state index in [2.05, 4.69) is 20.8 Å². The first kappa shape index (κ1) is 19.8. The summed E-state index contributed by atoms with van der Waals surface area (Å²) in [4.78, 5) is 12.1. The third-order valence-electron chi connectivity index (χ3n) is 3.41. The Labute approximate surface area is 142 Å². The molecule has 0 aliphatic heterocycles. The maximum Gasteiger partial charge on any atom is 0.318 e. The number of aliphatic hydroxyl groups excluding tert-OH is 1. The average molecular weight is 342 g/mol. The smallest absolute Gasteiger partial charge is 0.318 e. The molecule has 1 aromatic carbocycles. The topological polar surface area (TPSA) is 76.0 Å². The van der Waals surface area contributed by atoms with Crippen molar-refractivity contribution in [1.29, 1.82) is 0 Å². The van der Waals surface area contributed by atoms with Gasteiger partial charge in [-0.2, -0.15) is 0 Å². The largest absolute Gasteiger partial charge is 0.508 e. The number of benzene rings is 1. The number of phenols is 1. The van der Waals surface area contributed by atoms with Crippen LogP contribution in [0, 0.1) is 5.41 Å². The van der Waals surface area contributed by atoms with Gasteiger partial charge in [0.05, 0.1) is 44.0 Å². The monoisotopic (exact) mass is 342 g/mol. The SMILES string of the molecule is CC(C)(C)C(CC(=O)OSCCOCCO)c1ccc(O)cc1. The lowest BCUT2D eigenvalue weighted by molar-refractivity contribution is -0.134. The van der Waals surface area contributed by atoms with Gasteiger partial charge in [0.2, 0.25) is 0 Å². The van der Waals surface area contributed by atoms with Crippen molar-refractivity contribution in [2.75, 3.05) is 25.6 Å². The van der Waals surface area contributed by atoms with Crippen LogP contribution in [0.3, 0.4) is 0 Å². The fourth-order valence-corrected chi connectivity index (χ4v) is 2.67. The molecule has 1 aromatic rings. The molecule has 1 unspecified atom stereocenters. The van der Waals surface area contributed by atoms with Gasteiger partial charge in [-0.25, -0.2) is 0 Å². The van der Waals surface area contributed by atoms with E-state index < -0.39 is 0 Å². The fraction of sp³-hybridized carbons (Fsp3) is 0.588. The summed E-state index contributed by atoms with van der Waals surface area (Å²) in [6.45, 7) is 6.94. The molecule has 0 saturated heterocycles. The lowest BCUT2D eigenvalue weighted by atomic mass is 9.74. The molecule has 2 N–H and O–H groups in total. The van der Waals surface area contributed by atoms with Gasteiger partial charge in [0.15, 0.2) is 0 Å². The Morgan fingerprint density at radius 1 is 1.22 bits per heavy atom. The molecule has 0 heterocycles. The summed E-state index contributed by atoms with van der Waals surface area (Å²) in [7, 11) is 0. The third kappa shape index (κ3) is 7.72. The van der Waals surface area contributed by atoms with E-state index in [9.17, 15) is 9.90 Å². The minimum absolute atomic E-state index is 0.00170. The van der Waals surface area contributed by atoms with Gasteiger partial charge in [0.25, 0.3) is 0 Å². The summed E-state index contributed by atoms with van der Waals surface area (Å²) in [6.07, 6.45) is 0.277. The van der Waals surface area contributed by atoms with Crippen LogP contribution in [0.5, 0.6) is 5.75 Å². The predicted octanol–water partition coefficient (Wildman–Crippen LogP) is 3.11. The molecule has 0 radical (unpaired) electrons. The van der Waals surface area contributed by atoms with Crippen LogP contribution < -0.4 is 0 Å². The minimum Gasteiger partial charge on any atom is -0.508 e. The number of hydrogen-bond acceptors (Lipinski definition) is 6. The Bertz CT molecular complexity index is 467. The number of phenolic OH excluding ortho intramolecular Hbond substituents is 1. The molecule has 0 fully saturated rings. The maximum absolute atomic E-state index is 12.1. The van der Waals surface area contributed by atoms with Gasteiger partial charge in [-0.3, -0.25) is 4.79 Å². The quantitative estimate of drug-likeness (QED) is 0.530. The second-order valence-electron chi connectivity index (χ2n) is 6.33. The van der Waals surface area contributed by atoms with E-state index in [0.717, 1.165) is 17.6 Å². The van der Waals surface area contributed by atoms with Crippen LogP contribution in [0.15, 0.2) is 24.3 Å². The van der Waals surface area contributed by atoms with Crippen LogP contribution in [-0.4, -0.2) is 41.8 Å². The van der Waals surface area contributed by atoms with Crippen molar-refractivity contribution >= 4 is 18.0 Å². The summed E-state index contributed by atoms with van der Waals surface area (Å²) >= 11 is 1.07. The molecule has 130 valence electrons. The molecule has 1 atom stereocenters. The lowest BCUT2D eigenvalue weighted by Crippen LogP contribution is -2.22. The summed E-state index contributed by atoms with van der Waals surface area (Å²) in [5.74, 6) is 0.472. The first-order chi connectivity index (χ1) is 10.8. The summed E-state index contributed by atoms with van der Waals surface area (Å²) in [6, 6.07) is 6.95. The molecule has 6 heteroatoms. The highest BCUT2D eigenvalue weighted by Gasteiger charge is 2.29. The molecule has 1 rings (SSSR count). The van der Waals surface area contributed by atoms with Crippen molar-refractivity contribution in [1.82, 2.24) is 0 Å². The molecule has 0 spiro atoms. The summed E-state index contributed by atoms with van der Waals surface area (Å²) < 4.78 is 10.3. The fourth-order valence-electron chi connectivity index (χ4n) is 2.20. The zero-order valence-electron chi connectivity index (χ0n) is 13.9. The van der Waals surface area contributed by atoms with Crippen molar-refractivity contribution < 1.29 is 23.9 Å². The Morgan fingerprint density at radius 2 is 1.87 bits per heavy atom. The number of ether oxygens (including phenoxy) is 1. The van der Waals surface area contributed by atoms with E-state index in [1.54, 1.807) is 12.1 Å². The Kier molecular flexibility index (Phi) is 8.44. The number of carbonyl (C=O) groups excluding carboxylic acids is 1. The van der Waals surface area contributed by atoms with Crippen LogP contribution in [0.1, 0.15) is 38.7 Å². The third-order valence-corrected chi connectivity index (χ3v) is 4.05. The highest BCUT2D eigenvalue weighted by molar-refractivity contribution is 7.95. The van der Waals surface area contributed by atoms with Gasteiger partial charge in [0.1, 0.15) is 5.75 Å². The number of carbonyl (C=O) groups is 1. The highest BCUT2D eigenvalue weighted by Crippen LogP contribution is 2.38. The number of aromatic hydroxyl groups is 1. The molecule has 5 nitrogen and oxygen atoms in total. The highest BCUT2D eigenvalue weighted by atomic mass is 32.2. The van der Waals surface area contributed by atoms with Crippen LogP contribution in [0.2, 0.25) is 0 Å². The van der Waals surface area contributed by atoms with Crippen molar-refractivity contribution in [3.63, 3.8) is 0 Å². The van der Waals surface area contributed by atoms with Gasteiger partial charge in [-0.15, -0.1) is 0 Å². The summed E-state index contributed by atoms with van der Waals surface area (Å²) in [5, 5.41) is 18.0. The minimum atomic E-state index is -0.273. The Balaban J connectivity index is 2.51. The van der Waals surface area contributed by atoms with Crippen molar-refractivity contribution in [2.24, 2.45) is 5.41 Å². The molecular weight excluding hydrogens is 316 g/mol. The zero-order chi connectivity index (χ0) is 17.3.